The van der Waals surface area contributed by atoms with Crippen molar-refractivity contribution >= 4 is 0 Å². The van der Waals surface area contributed by atoms with Crippen LogP contribution in [0.15, 0.2) is 30.5 Å². The molecule has 3 nitrogen and oxygen atoms in total. The molecule has 0 spiro atoms. The summed E-state index contributed by atoms with van der Waals surface area (Å²) >= 11 is 0. The zero-order valence-electron chi connectivity index (χ0n) is 8.94. The molecule has 2 rings (SSSR count). The normalized spacial score (nSPS) is 10.6. The first-order chi connectivity index (χ1) is 7.20. The van der Waals surface area contributed by atoms with Gasteiger partial charge in [0.25, 0.3) is 0 Å². The fourth-order valence-corrected chi connectivity index (χ4v) is 1.64. The van der Waals surface area contributed by atoms with Gasteiger partial charge in [-0.15, -0.1) is 0 Å². The van der Waals surface area contributed by atoms with Crippen LogP contribution in [0.3, 0.4) is 0 Å². The molecule has 15 heavy (non-hydrogen) atoms. The van der Waals surface area contributed by atoms with Crippen LogP contribution in [0.1, 0.15) is 16.8 Å². The molecule has 0 saturated carbocycles. The van der Waals surface area contributed by atoms with E-state index in [0.717, 1.165) is 5.69 Å². The Labute approximate surface area is 89.0 Å². The van der Waals surface area contributed by atoms with E-state index in [-0.39, 0.29) is 6.61 Å². The minimum Gasteiger partial charge on any atom is -0.390 e. The van der Waals surface area contributed by atoms with Gasteiger partial charge >= 0.3 is 0 Å². The van der Waals surface area contributed by atoms with Gasteiger partial charge in [0.15, 0.2) is 0 Å². The molecule has 1 heterocycles. The molecule has 2 aromatic rings. The Morgan fingerprint density at radius 3 is 2.67 bits per heavy atom. The van der Waals surface area contributed by atoms with Crippen LogP contribution < -0.4 is 0 Å². The van der Waals surface area contributed by atoms with E-state index in [1.165, 1.54) is 11.1 Å². The van der Waals surface area contributed by atoms with Crippen LogP contribution in [0.2, 0.25) is 0 Å². The van der Waals surface area contributed by atoms with E-state index in [9.17, 15) is 0 Å². The standard InChI is InChI=1S/C12H14N2O/c1-9-3-4-12(10(2)7-9)14-6-5-11(8-15)13-14/h3-7,15H,8H2,1-2H3. The van der Waals surface area contributed by atoms with Crippen LogP contribution in [0, 0.1) is 13.8 Å². The zero-order valence-corrected chi connectivity index (χ0v) is 8.94. The minimum absolute atomic E-state index is 0.0160. The highest BCUT2D eigenvalue weighted by atomic mass is 16.3. The van der Waals surface area contributed by atoms with Gasteiger partial charge in [-0.2, -0.15) is 5.10 Å². The molecule has 1 aromatic carbocycles. The van der Waals surface area contributed by atoms with Gasteiger partial charge in [0, 0.05) is 6.20 Å². The average Bonchev–Trinajstić information content (AvgIpc) is 2.66. The van der Waals surface area contributed by atoms with Gasteiger partial charge in [-0.25, -0.2) is 4.68 Å². The van der Waals surface area contributed by atoms with Gasteiger partial charge in [0.1, 0.15) is 0 Å². The summed E-state index contributed by atoms with van der Waals surface area (Å²) in [6.07, 6.45) is 1.86. The molecule has 1 aromatic heterocycles. The minimum atomic E-state index is -0.0160. The molecular weight excluding hydrogens is 188 g/mol. The molecule has 0 amide bonds. The summed E-state index contributed by atoms with van der Waals surface area (Å²) in [5, 5.41) is 13.2. The highest BCUT2D eigenvalue weighted by molar-refractivity contribution is 5.41. The molecule has 1 N–H and O–H groups in total. The van der Waals surface area contributed by atoms with E-state index in [4.69, 9.17) is 5.11 Å². The molecular formula is C12H14N2O. The quantitative estimate of drug-likeness (QED) is 0.808. The second kappa shape index (κ2) is 3.87. The third kappa shape index (κ3) is 1.92. The fourth-order valence-electron chi connectivity index (χ4n) is 1.64. The third-order valence-electron chi connectivity index (χ3n) is 2.41. The number of benzene rings is 1. The molecule has 0 aliphatic heterocycles. The van der Waals surface area contributed by atoms with Crippen molar-refractivity contribution in [2.45, 2.75) is 20.5 Å². The zero-order chi connectivity index (χ0) is 10.8. The summed E-state index contributed by atoms with van der Waals surface area (Å²) in [4.78, 5) is 0. The summed E-state index contributed by atoms with van der Waals surface area (Å²) < 4.78 is 1.79. The van der Waals surface area contributed by atoms with Crippen molar-refractivity contribution in [1.29, 1.82) is 0 Å². The number of aliphatic hydroxyl groups is 1. The van der Waals surface area contributed by atoms with E-state index in [1.807, 2.05) is 18.3 Å². The summed E-state index contributed by atoms with van der Waals surface area (Å²) in [5.74, 6) is 0. The number of hydrogen-bond acceptors (Lipinski definition) is 2. The Morgan fingerprint density at radius 2 is 2.07 bits per heavy atom. The SMILES string of the molecule is Cc1ccc(-n2ccc(CO)n2)c(C)c1. The predicted octanol–water partition coefficient (Wildman–Crippen LogP) is 1.98. The molecule has 78 valence electrons. The smallest absolute Gasteiger partial charge is 0.0883 e. The lowest BCUT2D eigenvalue weighted by molar-refractivity contribution is 0.276. The molecule has 0 fully saturated rings. The second-order valence-corrected chi connectivity index (χ2v) is 3.70. The van der Waals surface area contributed by atoms with Gasteiger partial charge in [-0.1, -0.05) is 17.7 Å². The van der Waals surface area contributed by atoms with Crippen molar-refractivity contribution in [2.75, 3.05) is 0 Å². The van der Waals surface area contributed by atoms with E-state index in [0.29, 0.717) is 5.69 Å². The Morgan fingerprint density at radius 1 is 1.27 bits per heavy atom. The van der Waals surface area contributed by atoms with Gasteiger partial charge in [0.05, 0.1) is 18.0 Å². The number of aryl methyl sites for hydroxylation is 2. The summed E-state index contributed by atoms with van der Waals surface area (Å²) in [6.45, 7) is 4.11. The Bertz CT molecular complexity index is 474. The summed E-state index contributed by atoms with van der Waals surface area (Å²) in [6, 6.07) is 8.04. The molecule has 0 aliphatic carbocycles. The topological polar surface area (TPSA) is 38.0 Å². The monoisotopic (exact) mass is 202 g/mol. The predicted molar refractivity (Wildman–Crippen MR) is 59.0 cm³/mol. The average molecular weight is 202 g/mol. The van der Waals surface area contributed by atoms with Gasteiger partial charge in [-0.05, 0) is 31.5 Å². The second-order valence-electron chi connectivity index (χ2n) is 3.70. The van der Waals surface area contributed by atoms with E-state index >= 15 is 0 Å². The molecule has 0 saturated heterocycles. The molecule has 0 bridgehead atoms. The Balaban J connectivity index is 2.44. The van der Waals surface area contributed by atoms with Crippen LogP contribution in [0.5, 0.6) is 0 Å². The lowest BCUT2D eigenvalue weighted by atomic mass is 10.1. The summed E-state index contributed by atoms with van der Waals surface area (Å²) in [7, 11) is 0. The lowest BCUT2D eigenvalue weighted by Crippen LogP contribution is -1.99. The van der Waals surface area contributed by atoms with E-state index in [1.54, 1.807) is 4.68 Å². The van der Waals surface area contributed by atoms with Crippen LogP contribution >= 0.6 is 0 Å². The number of hydrogen-bond donors (Lipinski definition) is 1. The van der Waals surface area contributed by atoms with Crippen LogP contribution in [-0.2, 0) is 6.61 Å². The van der Waals surface area contributed by atoms with E-state index < -0.39 is 0 Å². The molecule has 0 radical (unpaired) electrons. The first kappa shape index (κ1) is 9.93. The van der Waals surface area contributed by atoms with Crippen molar-refractivity contribution in [3.8, 4) is 5.69 Å². The first-order valence-corrected chi connectivity index (χ1v) is 4.94. The fraction of sp³-hybridized carbons (Fsp3) is 0.250. The van der Waals surface area contributed by atoms with Gasteiger partial charge in [0.2, 0.25) is 0 Å². The van der Waals surface area contributed by atoms with Crippen molar-refractivity contribution in [2.24, 2.45) is 0 Å². The third-order valence-corrected chi connectivity index (χ3v) is 2.41. The molecule has 3 heteroatoms. The number of aromatic nitrogens is 2. The molecule has 0 aliphatic rings. The largest absolute Gasteiger partial charge is 0.390 e. The van der Waals surface area contributed by atoms with Crippen LogP contribution in [0.25, 0.3) is 5.69 Å². The van der Waals surface area contributed by atoms with E-state index in [2.05, 4.69) is 31.1 Å². The molecule has 0 atom stereocenters. The maximum absolute atomic E-state index is 8.94. The van der Waals surface area contributed by atoms with Gasteiger partial charge < -0.3 is 5.11 Å². The van der Waals surface area contributed by atoms with Crippen molar-refractivity contribution in [3.63, 3.8) is 0 Å². The maximum Gasteiger partial charge on any atom is 0.0883 e. The maximum atomic E-state index is 8.94. The highest BCUT2D eigenvalue weighted by Gasteiger charge is 2.03. The Hall–Kier alpha value is -1.61. The van der Waals surface area contributed by atoms with Crippen molar-refractivity contribution < 1.29 is 5.11 Å². The van der Waals surface area contributed by atoms with Crippen molar-refractivity contribution in [3.05, 3.63) is 47.3 Å². The van der Waals surface area contributed by atoms with Crippen LogP contribution in [-0.4, -0.2) is 14.9 Å². The number of rotatable bonds is 2. The molecule has 0 unspecified atom stereocenters. The lowest BCUT2D eigenvalue weighted by Gasteiger charge is -2.06. The van der Waals surface area contributed by atoms with Crippen LogP contribution in [0.4, 0.5) is 0 Å². The van der Waals surface area contributed by atoms with Gasteiger partial charge in [-0.3, -0.25) is 0 Å². The summed E-state index contributed by atoms with van der Waals surface area (Å²) in [5.41, 5.74) is 4.17. The first-order valence-electron chi connectivity index (χ1n) is 4.94. The Kier molecular flexibility index (Phi) is 2.56. The highest BCUT2D eigenvalue weighted by Crippen LogP contribution is 2.15. The van der Waals surface area contributed by atoms with Crippen molar-refractivity contribution in [1.82, 2.24) is 9.78 Å². The number of nitrogens with zero attached hydrogens (tertiary/aromatic N) is 2. The number of aliphatic hydroxyl groups excluding tert-OH is 1.